The van der Waals surface area contributed by atoms with Crippen LogP contribution in [0.15, 0.2) is 48.5 Å². The lowest BCUT2D eigenvalue weighted by molar-refractivity contribution is 0.0600. The number of esters is 1. The molecule has 2 aromatic carbocycles. The van der Waals surface area contributed by atoms with Crippen molar-refractivity contribution in [3.05, 3.63) is 65.2 Å². The van der Waals surface area contributed by atoms with E-state index in [0.717, 1.165) is 0 Å². The second kappa shape index (κ2) is 10.3. The van der Waals surface area contributed by atoms with Gasteiger partial charge in [0.15, 0.2) is 5.11 Å². The van der Waals surface area contributed by atoms with E-state index in [1.54, 1.807) is 47.4 Å². The summed E-state index contributed by atoms with van der Waals surface area (Å²) in [5.74, 6) is -1.02. The van der Waals surface area contributed by atoms with Crippen molar-refractivity contribution in [3.8, 4) is 0 Å². The average molecular weight is 413 g/mol. The van der Waals surface area contributed by atoms with Crippen LogP contribution in [0.5, 0.6) is 0 Å². The van der Waals surface area contributed by atoms with Gasteiger partial charge in [-0.25, -0.2) is 4.79 Å². The van der Waals surface area contributed by atoms with E-state index in [0.29, 0.717) is 24.3 Å². The molecular weight excluding hydrogens is 390 g/mol. The van der Waals surface area contributed by atoms with Crippen LogP contribution in [0.2, 0.25) is 0 Å². The first-order valence-corrected chi connectivity index (χ1v) is 9.50. The van der Waals surface area contributed by atoms with E-state index < -0.39 is 11.9 Å². The number of methoxy groups -OCH3 is 1. The topological polar surface area (TPSA) is 87.7 Å². The third kappa shape index (κ3) is 5.86. The van der Waals surface area contributed by atoms with Crippen molar-refractivity contribution >= 4 is 40.8 Å². The lowest BCUT2D eigenvalue weighted by atomic mass is 10.1. The summed E-state index contributed by atoms with van der Waals surface area (Å²) < 4.78 is 4.65. The molecule has 0 saturated heterocycles. The van der Waals surface area contributed by atoms with Crippen molar-refractivity contribution in [1.82, 2.24) is 10.2 Å². The number of thiocarbonyl (C=S) groups is 1. The maximum Gasteiger partial charge on any atom is 0.337 e. The lowest BCUT2D eigenvalue weighted by Gasteiger charge is -2.18. The summed E-state index contributed by atoms with van der Waals surface area (Å²) in [7, 11) is 1.27. The van der Waals surface area contributed by atoms with Gasteiger partial charge in [0.25, 0.3) is 11.8 Å². The first-order valence-electron chi connectivity index (χ1n) is 9.09. The van der Waals surface area contributed by atoms with Crippen molar-refractivity contribution in [1.29, 1.82) is 0 Å². The number of amides is 2. The van der Waals surface area contributed by atoms with E-state index in [1.807, 2.05) is 13.8 Å². The first-order chi connectivity index (χ1) is 13.9. The summed E-state index contributed by atoms with van der Waals surface area (Å²) in [6.45, 7) is 5.14. The molecule has 0 aromatic heterocycles. The highest BCUT2D eigenvalue weighted by Crippen LogP contribution is 2.12. The Balaban J connectivity index is 1.99. The van der Waals surface area contributed by atoms with Crippen LogP contribution in [0.25, 0.3) is 0 Å². The molecule has 0 fully saturated rings. The molecule has 2 rings (SSSR count). The third-order valence-corrected chi connectivity index (χ3v) is 4.42. The molecule has 0 unspecified atom stereocenters. The fourth-order valence-corrected chi connectivity index (χ4v) is 2.84. The minimum absolute atomic E-state index is 0.0390. The number of nitrogens with one attached hydrogen (secondary N) is 2. The van der Waals surface area contributed by atoms with E-state index in [-0.39, 0.29) is 22.1 Å². The van der Waals surface area contributed by atoms with Gasteiger partial charge in [-0.15, -0.1) is 0 Å². The van der Waals surface area contributed by atoms with Crippen molar-refractivity contribution in [2.45, 2.75) is 13.8 Å². The fourth-order valence-electron chi connectivity index (χ4n) is 2.63. The van der Waals surface area contributed by atoms with E-state index in [4.69, 9.17) is 12.2 Å². The monoisotopic (exact) mass is 413 g/mol. The zero-order valence-corrected chi connectivity index (χ0v) is 17.3. The highest BCUT2D eigenvalue weighted by Gasteiger charge is 2.14. The SMILES string of the molecule is CCN(CC)C(=O)c1ccc(NC(=S)NC(=O)c2cccc(C(=O)OC)c2)cc1. The van der Waals surface area contributed by atoms with E-state index in [2.05, 4.69) is 15.4 Å². The quantitative estimate of drug-likeness (QED) is 0.559. The molecule has 152 valence electrons. The van der Waals surface area contributed by atoms with Crippen LogP contribution in [0.4, 0.5) is 5.69 Å². The van der Waals surface area contributed by atoms with Gasteiger partial charge in [0.05, 0.1) is 12.7 Å². The molecule has 2 amide bonds. The molecule has 7 nitrogen and oxygen atoms in total. The average Bonchev–Trinajstić information content (AvgIpc) is 2.74. The Morgan fingerprint density at radius 2 is 1.59 bits per heavy atom. The largest absolute Gasteiger partial charge is 0.465 e. The molecule has 0 bridgehead atoms. The number of hydrogen-bond acceptors (Lipinski definition) is 5. The molecule has 2 aromatic rings. The number of benzene rings is 2. The lowest BCUT2D eigenvalue weighted by Crippen LogP contribution is -2.34. The van der Waals surface area contributed by atoms with Crippen LogP contribution < -0.4 is 10.6 Å². The molecular formula is C21H23N3O4S. The normalized spacial score (nSPS) is 10.0. The number of carbonyl (C=O) groups excluding carboxylic acids is 3. The minimum atomic E-state index is -0.528. The highest BCUT2D eigenvalue weighted by molar-refractivity contribution is 7.80. The van der Waals surface area contributed by atoms with Gasteiger partial charge in [0.1, 0.15) is 0 Å². The maximum atomic E-state index is 12.4. The van der Waals surface area contributed by atoms with Gasteiger partial charge < -0.3 is 15.0 Å². The van der Waals surface area contributed by atoms with Crippen LogP contribution in [0, 0.1) is 0 Å². The van der Waals surface area contributed by atoms with Crippen LogP contribution in [0.1, 0.15) is 44.9 Å². The Hall–Kier alpha value is -3.26. The molecule has 2 N–H and O–H groups in total. The number of ether oxygens (including phenoxy) is 1. The number of rotatable bonds is 6. The maximum absolute atomic E-state index is 12.4. The zero-order valence-electron chi connectivity index (χ0n) is 16.5. The summed E-state index contributed by atoms with van der Waals surface area (Å²) in [4.78, 5) is 38.0. The standard InChI is InChI=1S/C21H23N3O4S/c1-4-24(5-2)19(26)14-9-11-17(12-10-14)22-21(29)23-18(25)15-7-6-8-16(13-15)20(27)28-3/h6-13H,4-5H2,1-3H3,(H2,22,23,25,29). The summed E-state index contributed by atoms with van der Waals surface area (Å²) >= 11 is 5.17. The Labute approximate surface area is 175 Å². The Morgan fingerprint density at radius 3 is 2.17 bits per heavy atom. The molecule has 29 heavy (non-hydrogen) atoms. The van der Waals surface area contributed by atoms with Gasteiger partial charge in [-0.2, -0.15) is 0 Å². The molecule has 0 atom stereocenters. The van der Waals surface area contributed by atoms with E-state index in [9.17, 15) is 14.4 Å². The van der Waals surface area contributed by atoms with E-state index >= 15 is 0 Å². The summed E-state index contributed by atoms with van der Waals surface area (Å²) in [5.41, 5.74) is 1.76. The molecule has 0 heterocycles. The van der Waals surface area contributed by atoms with Crippen LogP contribution in [-0.2, 0) is 4.74 Å². The second-order valence-corrected chi connectivity index (χ2v) is 6.44. The van der Waals surface area contributed by atoms with Gasteiger partial charge >= 0.3 is 5.97 Å². The first kappa shape index (κ1) is 22.0. The van der Waals surface area contributed by atoms with Crippen LogP contribution in [-0.4, -0.2) is 48.0 Å². The minimum Gasteiger partial charge on any atom is -0.465 e. The molecule has 8 heteroatoms. The predicted molar refractivity (Wildman–Crippen MR) is 115 cm³/mol. The zero-order chi connectivity index (χ0) is 21.4. The van der Waals surface area contributed by atoms with Crippen molar-refractivity contribution in [2.75, 3.05) is 25.5 Å². The summed E-state index contributed by atoms with van der Waals surface area (Å²) in [6.07, 6.45) is 0. The summed E-state index contributed by atoms with van der Waals surface area (Å²) in [5, 5.41) is 5.55. The highest BCUT2D eigenvalue weighted by atomic mass is 32.1. The number of carbonyl (C=O) groups is 3. The van der Waals surface area contributed by atoms with Gasteiger partial charge in [0, 0.05) is 29.9 Å². The number of hydrogen-bond donors (Lipinski definition) is 2. The molecule has 0 aliphatic rings. The van der Waals surface area contributed by atoms with Gasteiger partial charge in [-0.1, -0.05) is 6.07 Å². The third-order valence-electron chi connectivity index (χ3n) is 4.21. The Kier molecular flexibility index (Phi) is 7.85. The predicted octanol–water partition coefficient (Wildman–Crippen LogP) is 3.08. The van der Waals surface area contributed by atoms with E-state index in [1.165, 1.54) is 13.2 Å². The molecule has 0 aliphatic carbocycles. The molecule has 0 saturated carbocycles. The fraction of sp³-hybridized carbons (Fsp3) is 0.238. The Morgan fingerprint density at radius 1 is 0.966 bits per heavy atom. The summed E-state index contributed by atoms with van der Waals surface area (Å²) in [6, 6.07) is 13.0. The number of nitrogens with zero attached hydrogens (tertiary/aromatic N) is 1. The van der Waals surface area contributed by atoms with Gasteiger partial charge in [-0.3, -0.25) is 14.9 Å². The van der Waals surface area contributed by atoms with Gasteiger partial charge in [-0.05, 0) is 68.5 Å². The van der Waals surface area contributed by atoms with Crippen LogP contribution >= 0.6 is 12.2 Å². The van der Waals surface area contributed by atoms with Crippen molar-refractivity contribution in [2.24, 2.45) is 0 Å². The Bertz CT molecular complexity index is 908. The van der Waals surface area contributed by atoms with Crippen LogP contribution in [0.3, 0.4) is 0 Å². The van der Waals surface area contributed by atoms with Crippen molar-refractivity contribution in [3.63, 3.8) is 0 Å². The molecule has 0 aliphatic heterocycles. The van der Waals surface area contributed by atoms with Crippen molar-refractivity contribution < 1.29 is 19.1 Å². The smallest absolute Gasteiger partial charge is 0.337 e. The van der Waals surface area contributed by atoms with Gasteiger partial charge in [0.2, 0.25) is 0 Å². The molecule has 0 radical (unpaired) electrons. The number of anilines is 1. The second-order valence-electron chi connectivity index (χ2n) is 6.04. The molecule has 0 spiro atoms.